The summed E-state index contributed by atoms with van der Waals surface area (Å²) in [5.74, 6) is 1.02. The van der Waals surface area contributed by atoms with Gasteiger partial charge in [-0.25, -0.2) is 4.98 Å². The fraction of sp³-hybridized carbons (Fsp3) is 0.700. The smallest absolute Gasteiger partial charge is 0.135 e. The Labute approximate surface area is 84.3 Å². The minimum absolute atomic E-state index is 0.382. The Kier molecular flexibility index (Phi) is 2.84. The predicted molar refractivity (Wildman–Crippen MR) is 54.1 cm³/mol. The number of imidazole rings is 1. The van der Waals surface area contributed by atoms with Gasteiger partial charge in [-0.3, -0.25) is 0 Å². The maximum atomic E-state index is 5.67. The van der Waals surface area contributed by atoms with Gasteiger partial charge in [-0.05, 0) is 13.8 Å². The Morgan fingerprint density at radius 3 is 3.00 bits per heavy atom. The van der Waals surface area contributed by atoms with E-state index in [4.69, 9.17) is 4.74 Å². The molecule has 1 aromatic rings. The monoisotopic (exact) mass is 195 g/mol. The number of hydrogen-bond acceptors (Lipinski definition) is 3. The molecule has 2 rings (SSSR count). The number of nitrogens with zero attached hydrogens (tertiary/aromatic N) is 2. The average Bonchev–Trinajstić information content (AvgIpc) is 2.49. The van der Waals surface area contributed by atoms with Crippen LogP contribution in [0.2, 0.25) is 0 Å². The van der Waals surface area contributed by atoms with E-state index in [1.165, 1.54) is 0 Å². The summed E-state index contributed by atoms with van der Waals surface area (Å²) >= 11 is 0. The highest BCUT2D eigenvalue weighted by molar-refractivity contribution is 4.93. The molecule has 0 radical (unpaired) electrons. The maximum Gasteiger partial charge on any atom is 0.135 e. The minimum Gasteiger partial charge on any atom is -0.368 e. The van der Waals surface area contributed by atoms with E-state index in [1.807, 2.05) is 12.4 Å². The lowest BCUT2D eigenvalue weighted by atomic mass is 10.2. The second-order valence-corrected chi connectivity index (χ2v) is 3.94. The van der Waals surface area contributed by atoms with Crippen LogP contribution in [0.3, 0.4) is 0 Å². The Balaban J connectivity index is 1.90. The van der Waals surface area contributed by atoms with Crippen molar-refractivity contribution >= 4 is 0 Å². The van der Waals surface area contributed by atoms with E-state index in [2.05, 4.69) is 28.7 Å². The molecule has 14 heavy (non-hydrogen) atoms. The molecule has 0 atom stereocenters. The largest absolute Gasteiger partial charge is 0.368 e. The molecule has 0 saturated carbocycles. The third kappa shape index (κ3) is 1.96. The van der Waals surface area contributed by atoms with Gasteiger partial charge in [-0.1, -0.05) is 0 Å². The van der Waals surface area contributed by atoms with Crippen LogP contribution in [0.1, 0.15) is 25.7 Å². The normalized spacial score (nSPS) is 17.4. The van der Waals surface area contributed by atoms with E-state index in [0.29, 0.717) is 18.8 Å². The summed E-state index contributed by atoms with van der Waals surface area (Å²) in [7, 11) is 0. The van der Waals surface area contributed by atoms with E-state index in [-0.39, 0.29) is 0 Å². The summed E-state index contributed by atoms with van der Waals surface area (Å²) in [6, 6.07) is 0.454. The van der Waals surface area contributed by atoms with Gasteiger partial charge in [0, 0.05) is 31.5 Å². The second-order valence-electron chi connectivity index (χ2n) is 3.94. The van der Waals surface area contributed by atoms with E-state index in [9.17, 15) is 0 Å². The highest BCUT2D eigenvalue weighted by Crippen LogP contribution is 2.10. The average molecular weight is 195 g/mol. The van der Waals surface area contributed by atoms with Crippen molar-refractivity contribution in [3.05, 3.63) is 18.2 Å². The first kappa shape index (κ1) is 9.68. The fourth-order valence-electron chi connectivity index (χ4n) is 1.50. The SMILES string of the molecule is CC(C)n1ccnc1COC1CNC1. The molecule has 4 nitrogen and oxygen atoms in total. The zero-order valence-electron chi connectivity index (χ0n) is 8.73. The van der Waals surface area contributed by atoms with E-state index < -0.39 is 0 Å². The summed E-state index contributed by atoms with van der Waals surface area (Å²) in [5, 5.41) is 3.18. The number of hydrogen-bond donors (Lipinski definition) is 1. The van der Waals surface area contributed by atoms with E-state index in [0.717, 1.165) is 18.9 Å². The van der Waals surface area contributed by atoms with Gasteiger partial charge in [0.05, 0.1) is 6.10 Å². The first-order chi connectivity index (χ1) is 6.77. The lowest BCUT2D eigenvalue weighted by Gasteiger charge is -2.27. The molecule has 1 aliphatic heterocycles. The van der Waals surface area contributed by atoms with Gasteiger partial charge in [0.15, 0.2) is 0 Å². The first-order valence-electron chi connectivity index (χ1n) is 5.11. The molecule has 0 aromatic carbocycles. The van der Waals surface area contributed by atoms with Crippen LogP contribution in [0.25, 0.3) is 0 Å². The Morgan fingerprint density at radius 1 is 1.64 bits per heavy atom. The van der Waals surface area contributed by atoms with E-state index >= 15 is 0 Å². The standard InChI is InChI=1S/C10H17N3O/c1-8(2)13-4-3-12-10(13)7-14-9-5-11-6-9/h3-4,8-9,11H,5-7H2,1-2H3. The van der Waals surface area contributed by atoms with Gasteiger partial charge in [-0.2, -0.15) is 0 Å². The molecular weight excluding hydrogens is 178 g/mol. The zero-order valence-corrected chi connectivity index (χ0v) is 8.73. The molecule has 1 N–H and O–H groups in total. The highest BCUT2D eigenvalue weighted by Gasteiger charge is 2.18. The molecule has 1 aromatic heterocycles. The zero-order chi connectivity index (χ0) is 9.97. The van der Waals surface area contributed by atoms with E-state index in [1.54, 1.807) is 0 Å². The summed E-state index contributed by atoms with van der Waals surface area (Å²) in [6.07, 6.45) is 4.22. The molecule has 0 bridgehead atoms. The van der Waals surface area contributed by atoms with Crippen molar-refractivity contribution in [3.8, 4) is 0 Å². The number of aromatic nitrogens is 2. The summed E-state index contributed by atoms with van der Waals surface area (Å²) < 4.78 is 7.81. The molecule has 0 unspecified atom stereocenters. The fourth-order valence-corrected chi connectivity index (χ4v) is 1.50. The summed E-state index contributed by atoms with van der Waals surface area (Å²) in [4.78, 5) is 4.29. The van der Waals surface area contributed by atoms with Crippen molar-refractivity contribution in [2.75, 3.05) is 13.1 Å². The number of nitrogens with one attached hydrogen (secondary N) is 1. The Hall–Kier alpha value is -0.870. The van der Waals surface area contributed by atoms with Crippen molar-refractivity contribution in [2.24, 2.45) is 0 Å². The van der Waals surface area contributed by atoms with Gasteiger partial charge in [0.1, 0.15) is 12.4 Å². The van der Waals surface area contributed by atoms with Gasteiger partial charge in [0.25, 0.3) is 0 Å². The van der Waals surface area contributed by atoms with Crippen LogP contribution in [0.4, 0.5) is 0 Å². The van der Waals surface area contributed by atoms with Crippen LogP contribution < -0.4 is 5.32 Å². The van der Waals surface area contributed by atoms with Crippen LogP contribution in [0.5, 0.6) is 0 Å². The van der Waals surface area contributed by atoms with Crippen molar-refractivity contribution in [1.82, 2.24) is 14.9 Å². The van der Waals surface area contributed by atoms with Crippen LogP contribution in [-0.2, 0) is 11.3 Å². The second kappa shape index (κ2) is 4.11. The van der Waals surface area contributed by atoms with Crippen molar-refractivity contribution < 1.29 is 4.74 Å². The number of ether oxygens (including phenoxy) is 1. The van der Waals surface area contributed by atoms with Crippen LogP contribution in [0, 0.1) is 0 Å². The lowest BCUT2D eigenvalue weighted by Crippen LogP contribution is -2.48. The summed E-state index contributed by atoms with van der Waals surface area (Å²) in [5.41, 5.74) is 0. The molecule has 4 heteroatoms. The minimum atomic E-state index is 0.382. The van der Waals surface area contributed by atoms with Crippen LogP contribution >= 0.6 is 0 Å². The number of rotatable bonds is 4. The molecule has 0 spiro atoms. The van der Waals surface area contributed by atoms with Crippen LogP contribution in [0.15, 0.2) is 12.4 Å². The van der Waals surface area contributed by atoms with Crippen molar-refractivity contribution in [3.63, 3.8) is 0 Å². The Bertz CT molecular complexity index is 291. The molecule has 1 aliphatic rings. The van der Waals surface area contributed by atoms with Crippen molar-refractivity contribution in [1.29, 1.82) is 0 Å². The lowest BCUT2D eigenvalue weighted by molar-refractivity contribution is 0.00286. The first-order valence-corrected chi connectivity index (χ1v) is 5.11. The van der Waals surface area contributed by atoms with Gasteiger partial charge in [0.2, 0.25) is 0 Å². The molecule has 1 fully saturated rings. The highest BCUT2D eigenvalue weighted by atomic mass is 16.5. The molecule has 1 saturated heterocycles. The maximum absolute atomic E-state index is 5.67. The quantitative estimate of drug-likeness (QED) is 0.777. The summed E-state index contributed by atoms with van der Waals surface area (Å²) in [6.45, 7) is 6.87. The van der Waals surface area contributed by atoms with Gasteiger partial charge < -0.3 is 14.6 Å². The third-order valence-corrected chi connectivity index (χ3v) is 2.50. The molecule has 2 heterocycles. The van der Waals surface area contributed by atoms with Crippen molar-refractivity contribution in [2.45, 2.75) is 32.6 Å². The van der Waals surface area contributed by atoms with Gasteiger partial charge in [-0.15, -0.1) is 0 Å². The molecule has 78 valence electrons. The van der Waals surface area contributed by atoms with Crippen LogP contribution in [-0.4, -0.2) is 28.7 Å². The molecular formula is C10H17N3O. The predicted octanol–water partition coefficient (Wildman–Crippen LogP) is 0.952. The third-order valence-electron chi connectivity index (χ3n) is 2.50. The van der Waals surface area contributed by atoms with Gasteiger partial charge >= 0.3 is 0 Å². The topological polar surface area (TPSA) is 39.1 Å². The molecule has 0 aliphatic carbocycles. The molecule has 0 amide bonds. The Morgan fingerprint density at radius 2 is 2.43 bits per heavy atom.